The molecule has 1 aliphatic heterocycles. The summed E-state index contributed by atoms with van der Waals surface area (Å²) in [7, 11) is 0.708. The second-order valence-electron chi connectivity index (χ2n) is 4.79. The summed E-state index contributed by atoms with van der Waals surface area (Å²) in [5, 5.41) is 2.85. The van der Waals surface area contributed by atoms with E-state index in [1.807, 2.05) is 25.9 Å². The SMILES string of the molecule is CC(CN(C)C)NS(=O)(=O)C1CCCNC1. The third-order valence-corrected chi connectivity index (χ3v) is 4.71. The molecule has 2 unspecified atom stereocenters. The van der Waals surface area contributed by atoms with E-state index in [4.69, 9.17) is 0 Å². The average Bonchev–Trinajstić information content (AvgIpc) is 2.16. The van der Waals surface area contributed by atoms with Crippen molar-refractivity contribution in [3.63, 3.8) is 0 Å². The van der Waals surface area contributed by atoms with Crippen LogP contribution in [0.2, 0.25) is 0 Å². The maximum atomic E-state index is 12.0. The predicted molar refractivity (Wildman–Crippen MR) is 66.0 cm³/mol. The molecule has 0 spiro atoms. The van der Waals surface area contributed by atoms with Crippen LogP contribution in [0.1, 0.15) is 19.8 Å². The number of hydrogen-bond acceptors (Lipinski definition) is 4. The van der Waals surface area contributed by atoms with Gasteiger partial charge in [-0.2, -0.15) is 0 Å². The van der Waals surface area contributed by atoms with Gasteiger partial charge in [-0.3, -0.25) is 0 Å². The number of likely N-dealkylation sites (N-methyl/N-ethyl adjacent to an activating group) is 1. The second kappa shape index (κ2) is 5.95. The van der Waals surface area contributed by atoms with Gasteiger partial charge in [-0.1, -0.05) is 0 Å². The van der Waals surface area contributed by atoms with Gasteiger partial charge in [0.25, 0.3) is 0 Å². The van der Waals surface area contributed by atoms with E-state index in [-0.39, 0.29) is 11.3 Å². The summed E-state index contributed by atoms with van der Waals surface area (Å²) in [5.41, 5.74) is 0. The highest BCUT2D eigenvalue weighted by Gasteiger charge is 2.28. The molecule has 16 heavy (non-hydrogen) atoms. The largest absolute Gasteiger partial charge is 0.315 e. The summed E-state index contributed by atoms with van der Waals surface area (Å²) < 4.78 is 26.8. The number of rotatable bonds is 5. The Bertz CT molecular complexity index is 297. The zero-order chi connectivity index (χ0) is 12.2. The molecule has 96 valence electrons. The number of piperidine rings is 1. The number of nitrogens with one attached hydrogen (secondary N) is 2. The molecule has 1 rings (SSSR count). The van der Waals surface area contributed by atoms with Crippen molar-refractivity contribution in [2.24, 2.45) is 0 Å². The summed E-state index contributed by atoms with van der Waals surface area (Å²) in [6, 6.07) is -0.0399. The molecule has 6 heteroatoms. The van der Waals surface area contributed by atoms with Gasteiger partial charge in [-0.25, -0.2) is 13.1 Å². The van der Waals surface area contributed by atoms with Gasteiger partial charge in [0.05, 0.1) is 5.25 Å². The summed E-state index contributed by atoms with van der Waals surface area (Å²) >= 11 is 0. The normalized spacial score (nSPS) is 24.6. The van der Waals surface area contributed by atoms with Gasteiger partial charge in [0.1, 0.15) is 0 Å². The highest BCUT2D eigenvalue weighted by molar-refractivity contribution is 7.90. The molecule has 1 saturated heterocycles. The molecule has 0 aromatic heterocycles. The van der Waals surface area contributed by atoms with E-state index in [1.54, 1.807) is 0 Å². The Balaban J connectivity index is 2.49. The summed E-state index contributed by atoms with van der Waals surface area (Å²) in [4.78, 5) is 1.98. The highest BCUT2D eigenvalue weighted by atomic mass is 32.2. The van der Waals surface area contributed by atoms with Crippen LogP contribution >= 0.6 is 0 Å². The van der Waals surface area contributed by atoms with E-state index in [0.717, 1.165) is 25.9 Å². The van der Waals surface area contributed by atoms with Crippen LogP contribution in [-0.4, -0.2) is 58.3 Å². The van der Waals surface area contributed by atoms with Crippen molar-refractivity contribution in [2.75, 3.05) is 33.7 Å². The van der Waals surface area contributed by atoms with E-state index in [1.165, 1.54) is 0 Å². The van der Waals surface area contributed by atoms with Gasteiger partial charge in [-0.15, -0.1) is 0 Å². The molecule has 2 N–H and O–H groups in total. The van der Waals surface area contributed by atoms with E-state index in [0.29, 0.717) is 6.54 Å². The monoisotopic (exact) mass is 249 g/mol. The molecule has 5 nitrogen and oxygen atoms in total. The number of nitrogens with zero attached hydrogens (tertiary/aromatic N) is 1. The lowest BCUT2D eigenvalue weighted by Gasteiger charge is -2.26. The van der Waals surface area contributed by atoms with Crippen LogP contribution in [0, 0.1) is 0 Å². The van der Waals surface area contributed by atoms with Crippen molar-refractivity contribution in [1.82, 2.24) is 14.9 Å². The molecule has 0 saturated carbocycles. The summed E-state index contributed by atoms with van der Waals surface area (Å²) in [6.45, 7) is 4.12. The van der Waals surface area contributed by atoms with Gasteiger partial charge in [-0.05, 0) is 40.4 Å². The van der Waals surface area contributed by atoms with Crippen LogP contribution in [0.15, 0.2) is 0 Å². The van der Waals surface area contributed by atoms with Crippen molar-refractivity contribution < 1.29 is 8.42 Å². The van der Waals surface area contributed by atoms with Gasteiger partial charge in [0, 0.05) is 19.1 Å². The first-order valence-corrected chi connectivity index (χ1v) is 7.33. The molecular formula is C10H23N3O2S. The van der Waals surface area contributed by atoms with Crippen LogP contribution < -0.4 is 10.0 Å². The number of hydrogen-bond donors (Lipinski definition) is 2. The smallest absolute Gasteiger partial charge is 0.216 e. The van der Waals surface area contributed by atoms with Gasteiger partial charge in [0.2, 0.25) is 10.0 Å². The summed E-state index contributed by atoms with van der Waals surface area (Å²) in [5.74, 6) is 0. The molecule has 1 heterocycles. The van der Waals surface area contributed by atoms with E-state index in [9.17, 15) is 8.42 Å². The van der Waals surface area contributed by atoms with Crippen LogP contribution in [0.25, 0.3) is 0 Å². The minimum atomic E-state index is -3.17. The lowest BCUT2D eigenvalue weighted by atomic mass is 10.2. The van der Waals surface area contributed by atoms with Crippen molar-refractivity contribution >= 4 is 10.0 Å². The minimum absolute atomic E-state index is 0.0399. The molecule has 0 aromatic rings. The Labute approximate surface area is 98.6 Å². The van der Waals surface area contributed by atoms with Crippen LogP contribution in [0.5, 0.6) is 0 Å². The zero-order valence-electron chi connectivity index (χ0n) is 10.4. The van der Waals surface area contributed by atoms with Crippen molar-refractivity contribution in [3.8, 4) is 0 Å². The number of sulfonamides is 1. The molecule has 0 aliphatic carbocycles. The Morgan fingerprint density at radius 1 is 1.50 bits per heavy atom. The molecule has 0 aromatic carbocycles. The van der Waals surface area contributed by atoms with E-state index >= 15 is 0 Å². The van der Waals surface area contributed by atoms with Crippen LogP contribution in [-0.2, 0) is 10.0 Å². The second-order valence-corrected chi connectivity index (χ2v) is 6.79. The molecule has 0 amide bonds. The third-order valence-electron chi connectivity index (χ3n) is 2.69. The lowest BCUT2D eigenvalue weighted by Crippen LogP contribution is -2.48. The molecular weight excluding hydrogens is 226 g/mol. The first-order valence-electron chi connectivity index (χ1n) is 5.78. The Kier molecular flexibility index (Phi) is 5.17. The van der Waals surface area contributed by atoms with Crippen LogP contribution in [0.4, 0.5) is 0 Å². The zero-order valence-corrected chi connectivity index (χ0v) is 11.2. The standard InChI is InChI=1S/C10H23N3O2S/c1-9(8-13(2)3)12-16(14,15)10-5-4-6-11-7-10/h9-12H,4-8H2,1-3H3. The van der Waals surface area contributed by atoms with Gasteiger partial charge >= 0.3 is 0 Å². The highest BCUT2D eigenvalue weighted by Crippen LogP contribution is 2.10. The molecule has 0 radical (unpaired) electrons. The van der Waals surface area contributed by atoms with E-state index < -0.39 is 10.0 Å². The minimum Gasteiger partial charge on any atom is -0.315 e. The third kappa shape index (κ3) is 4.37. The topological polar surface area (TPSA) is 61.4 Å². The average molecular weight is 249 g/mol. The quantitative estimate of drug-likeness (QED) is 0.696. The fourth-order valence-corrected chi connectivity index (χ4v) is 3.69. The summed E-state index contributed by atoms with van der Waals surface area (Å²) in [6.07, 6.45) is 1.70. The maximum absolute atomic E-state index is 12.0. The Morgan fingerprint density at radius 2 is 2.19 bits per heavy atom. The Hall–Kier alpha value is -0.170. The van der Waals surface area contributed by atoms with Crippen molar-refractivity contribution in [2.45, 2.75) is 31.1 Å². The fraction of sp³-hybridized carbons (Fsp3) is 1.00. The first kappa shape index (κ1) is 13.9. The first-order chi connectivity index (χ1) is 7.42. The van der Waals surface area contributed by atoms with Crippen molar-refractivity contribution in [1.29, 1.82) is 0 Å². The van der Waals surface area contributed by atoms with E-state index in [2.05, 4.69) is 10.0 Å². The molecule has 1 aliphatic rings. The Morgan fingerprint density at radius 3 is 2.69 bits per heavy atom. The molecule has 2 atom stereocenters. The van der Waals surface area contributed by atoms with Crippen LogP contribution in [0.3, 0.4) is 0 Å². The van der Waals surface area contributed by atoms with Gasteiger partial charge in [0.15, 0.2) is 0 Å². The molecule has 0 bridgehead atoms. The van der Waals surface area contributed by atoms with Crippen molar-refractivity contribution in [3.05, 3.63) is 0 Å². The molecule has 1 fully saturated rings. The van der Waals surface area contributed by atoms with Gasteiger partial charge < -0.3 is 10.2 Å². The lowest BCUT2D eigenvalue weighted by molar-refractivity contribution is 0.368. The maximum Gasteiger partial charge on any atom is 0.216 e. The predicted octanol–water partition coefficient (Wildman–Crippen LogP) is -0.392. The fourth-order valence-electron chi connectivity index (χ4n) is 2.05.